The summed E-state index contributed by atoms with van der Waals surface area (Å²) in [4.78, 5) is 39.0. The van der Waals surface area contributed by atoms with E-state index in [9.17, 15) is 4.79 Å². The Morgan fingerprint density at radius 2 is 1.24 bits per heavy atom. The van der Waals surface area contributed by atoms with Crippen molar-refractivity contribution >= 4 is 83.5 Å². The van der Waals surface area contributed by atoms with Gasteiger partial charge in [0.2, 0.25) is 5.91 Å². The largest absolute Gasteiger partial charge is 0.385 e. The van der Waals surface area contributed by atoms with Crippen LogP contribution in [0.15, 0.2) is 94.9 Å². The fourth-order valence-electron chi connectivity index (χ4n) is 7.95. The Bertz CT molecular complexity index is 2890. The van der Waals surface area contributed by atoms with Crippen molar-refractivity contribution in [2.24, 2.45) is 15.4 Å². The lowest BCUT2D eigenvalue weighted by Gasteiger charge is -2.22. The summed E-state index contributed by atoms with van der Waals surface area (Å²) in [6.45, 7) is 23.8. The number of hydrogen-bond acceptors (Lipinski definition) is 7. The number of H-pyrrole nitrogens is 1. The smallest absolute Gasteiger partial charge is 0.231 e. The van der Waals surface area contributed by atoms with E-state index in [1.54, 1.807) is 22.7 Å². The molecule has 7 aromatic rings. The van der Waals surface area contributed by atoms with Crippen molar-refractivity contribution in [3.05, 3.63) is 118 Å². The number of nitrogen functional groups attached to an aromatic ring is 1. The quantitative estimate of drug-likeness (QED) is 0.120. The standard InChI is InChI=1S/C52H57N7OS2/c1-12-52(10,11)51(60)59-48-44(50-55-38-18-14-16-20-40(38)62-50)42(34-24-22-32(28(4)5)26-36(34)30(8)9)47(58-48)57-46-41(33-23-21-31(27(2)3)25-35(33)29(6)7)43(45(53)56-46)49-54-37-17-13-15-19-39(37)61-49/h13-30,56H,12,53H2,1-11H3,(H,57,58,59,60). The number of nitrogens with zero attached hydrogens (tertiary/aromatic N) is 4. The summed E-state index contributed by atoms with van der Waals surface area (Å²) >= 11 is 3.21. The molecule has 62 heavy (non-hydrogen) atoms. The molecule has 0 fully saturated rings. The summed E-state index contributed by atoms with van der Waals surface area (Å²) in [6, 6.07) is 29.8. The van der Waals surface area contributed by atoms with Crippen molar-refractivity contribution < 1.29 is 4.79 Å². The average Bonchev–Trinajstić information content (AvgIpc) is 4.02. The number of aromatic nitrogens is 3. The number of carbonyl (C=O) groups is 1. The van der Waals surface area contributed by atoms with Gasteiger partial charge in [0.1, 0.15) is 27.5 Å². The van der Waals surface area contributed by atoms with Crippen LogP contribution >= 0.6 is 22.7 Å². The number of amidine groups is 2. The molecule has 10 heteroatoms. The zero-order valence-electron chi connectivity index (χ0n) is 37.7. The Morgan fingerprint density at radius 3 is 1.79 bits per heavy atom. The number of rotatable bonds is 11. The maximum atomic E-state index is 14.2. The predicted molar refractivity (Wildman–Crippen MR) is 265 cm³/mol. The normalized spacial score (nSPS) is 14.2. The average molecular weight is 860 g/mol. The van der Waals surface area contributed by atoms with E-state index in [4.69, 9.17) is 25.7 Å². The van der Waals surface area contributed by atoms with Crippen molar-refractivity contribution in [2.45, 2.75) is 106 Å². The van der Waals surface area contributed by atoms with Gasteiger partial charge in [0, 0.05) is 16.6 Å². The zero-order chi connectivity index (χ0) is 44.2. The van der Waals surface area contributed by atoms with E-state index < -0.39 is 5.41 Å². The molecular formula is C52H57N7OS2. The number of anilines is 1. The van der Waals surface area contributed by atoms with Crippen molar-refractivity contribution in [3.8, 4) is 21.7 Å². The molecule has 318 valence electrons. The Hall–Kier alpha value is -5.71. The lowest BCUT2D eigenvalue weighted by molar-refractivity contribution is -0.127. The number of thiazole rings is 2. The van der Waals surface area contributed by atoms with Crippen LogP contribution < -0.4 is 11.1 Å². The molecule has 8 nitrogen and oxygen atoms in total. The van der Waals surface area contributed by atoms with Gasteiger partial charge in [-0.2, -0.15) is 0 Å². The van der Waals surface area contributed by atoms with Crippen LogP contribution in [0.2, 0.25) is 0 Å². The van der Waals surface area contributed by atoms with E-state index in [0.717, 1.165) is 63.8 Å². The third-order valence-corrected chi connectivity index (χ3v) is 14.3. The molecule has 1 amide bonds. The molecule has 0 saturated carbocycles. The predicted octanol–water partition coefficient (Wildman–Crippen LogP) is 14.2. The third kappa shape index (κ3) is 7.95. The molecular weight excluding hydrogens is 803 g/mol. The van der Waals surface area contributed by atoms with Crippen LogP contribution in [0.4, 0.5) is 11.6 Å². The van der Waals surface area contributed by atoms with Crippen molar-refractivity contribution in [2.75, 3.05) is 5.73 Å². The minimum absolute atomic E-state index is 0.119. The van der Waals surface area contributed by atoms with E-state index in [-0.39, 0.29) is 17.7 Å². The van der Waals surface area contributed by atoms with Crippen LogP contribution in [0.5, 0.6) is 0 Å². The second-order valence-corrected chi connectivity index (χ2v) is 20.3. The van der Waals surface area contributed by atoms with Gasteiger partial charge < -0.3 is 16.0 Å². The summed E-state index contributed by atoms with van der Waals surface area (Å²) in [5.41, 5.74) is 18.4. The second kappa shape index (κ2) is 16.9. The molecule has 8 rings (SSSR count). The SMILES string of the molecule is CCC(C)(C)C(=O)NC1=NC(=Nc2[nH]c(N)c(-c3nc4ccccc4s3)c2-c2ccc(C(C)C)cc2C(C)C)C(c2ccc(C(C)C)cc2C(C)C)=C1c1nc2ccccc2s1. The first-order valence-electron chi connectivity index (χ1n) is 21.8. The minimum atomic E-state index is -0.647. The number of carbonyl (C=O) groups excluding carboxylic acids is 1. The van der Waals surface area contributed by atoms with Gasteiger partial charge in [-0.15, -0.1) is 22.7 Å². The van der Waals surface area contributed by atoms with Crippen LogP contribution in [-0.4, -0.2) is 32.5 Å². The number of nitrogens with one attached hydrogen (secondary N) is 2. The number of para-hydroxylation sites is 2. The van der Waals surface area contributed by atoms with E-state index in [0.29, 0.717) is 41.6 Å². The van der Waals surface area contributed by atoms with Gasteiger partial charge in [0.15, 0.2) is 5.84 Å². The fourth-order valence-corrected chi connectivity index (χ4v) is 10.00. The second-order valence-electron chi connectivity index (χ2n) is 18.3. The zero-order valence-corrected chi connectivity index (χ0v) is 39.3. The summed E-state index contributed by atoms with van der Waals surface area (Å²) < 4.78 is 2.12. The molecule has 1 aliphatic heterocycles. The van der Waals surface area contributed by atoms with Crippen molar-refractivity contribution in [1.82, 2.24) is 20.3 Å². The molecule has 4 aromatic carbocycles. The molecule has 0 aliphatic carbocycles. The first-order chi connectivity index (χ1) is 29.6. The molecule has 0 atom stereocenters. The van der Waals surface area contributed by atoms with Crippen LogP contribution in [0.1, 0.15) is 139 Å². The van der Waals surface area contributed by atoms with E-state index in [1.807, 2.05) is 57.2 Å². The molecule has 1 aliphatic rings. The van der Waals surface area contributed by atoms with Crippen molar-refractivity contribution in [1.29, 1.82) is 0 Å². The van der Waals surface area contributed by atoms with Crippen LogP contribution in [0.3, 0.4) is 0 Å². The molecule has 3 aromatic heterocycles. The third-order valence-electron chi connectivity index (χ3n) is 12.2. The summed E-state index contributed by atoms with van der Waals surface area (Å²) in [5, 5.41) is 4.87. The highest BCUT2D eigenvalue weighted by atomic mass is 32.1. The molecule has 4 N–H and O–H groups in total. The van der Waals surface area contributed by atoms with Gasteiger partial charge in [-0.05, 0) is 87.7 Å². The Kier molecular flexibility index (Phi) is 11.7. The van der Waals surface area contributed by atoms with Gasteiger partial charge in [-0.1, -0.05) is 137 Å². The lowest BCUT2D eigenvalue weighted by atomic mass is 9.86. The monoisotopic (exact) mass is 859 g/mol. The maximum absolute atomic E-state index is 14.2. The van der Waals surface area contributed by atoms with Gasteiger partial charge in [0.25, 0.3) is 0 Å². The van der Waals surface area contributed by atoms with E-state index in [1.165, 1.54) is 22.3 Å². The summed E-state index contributed by atoms with van der Waals surface area (Å²) in [7, 11) is 0. The number of benzene rings is 4. The van der Waals surface area contributed by atoms with Crippen LogP contribution in [-0.2, 0) is 4.79 Å². The minimum Gasteiger partial charge on any atom is -0.385 e. The maximum Gasteiger partial charge on any atom is 0.231 e. The molecule has 0 saturated heterocycles. The van der Waals surface area contributed by atoms with Gasteiger partial charge in [-0.25, -0.2) is 20.0 Å². The molecule has 0 spiro atoms. The Labute approximate surface area is 373 Å². The molecule has 0 unspecified atom stereocenters. The molecule has 0 bridgehead atoms. The van der Waals surface area contributed by atoms with Crippen LogP contribution in [0.25, 0.3) is 53.3 Å². The highest BCUT2D eigenvalue weighted by molar-refractivity contribution is 7.21. The molecule has 0 radical (unpaired) electrons. The highest BCUT2D eigenvalue weighted by Gasteiger charge is 2.36. The topological polar surface area (TPSA) is 121 Å². The highest BCUT2D eigenvalue weighted by Crippen LogP contribution is 2.49. The number of aromatic amines is 1. The number of nitrogens with two attached hydrogens (primary N) is 1. The van der Waals surface area contributed by atoms with Gasteiger partial charge in [-0.3, -0.25) is 4.79 Å². The first kappa shape index (κ1) is 43.0. The van der Waals surface area contributed by atoms with Gasteiger partial charge in [0.05, 0.1) is 31.6 Å². The van der Waals surface area contributed by atoms with Crippen molar-refractivity contribution in [3.63, 3.8) is 0 Å². The molecule has 4 heterocycles. The summed E-state index contributed by atoms with van der Waals surface area (Å²) in [5.74, 6) is 2.88. The number of amides is 1. The van der Waals surface area contributed by atoms with Gasteiger partial charge >= 0.3 is 0 Å². The van der Waals surface area contributed by atoms with Crippen LogP contribution in [0, 0.1) is 5.41 Å². The number of fused-ring (bicyclic) bond motifs is 2. The Balaban J connectivity index is 1.48. The fraction of sp³-hybridized carbons (Fsp3) is 0.327. The first-order valence-corrected chi connectivity index (χ1v) is 23.4. The summed E-state index contributed by atoms with van der Waals surface area (Å²) in [6.07, 6.45) is 0.654. The lowest BCUT2D eigenvalue weighted by Crippen LogP contribution is -2.40. The van der Waals surface area contributed by atoms with E-state index in [2.05, 4.69) is 114 Å². The number of aliphatic imine (C=N–C) groups is 2. The number of hydrogen-bond donors (Lipinski definition) is 3. The van der Waals surface area contributed by atoms with E-state index >= 15 is 0 Å². The Morgan fingerprint density at radius 1 is 0.710 bits per heavy atom.